The van der Waals surface area contributed by atoms with E-state index in [-0.39, 0.29) is 24.1 Å². The first-order valence-corrected chi connectivity index (χ1v) is 3.94. The molecule has 1 aliphatic carbocycles. The second kappa shape index (κ2) is 3.52. The summed E-state index contributed by atoms with van der Waals surface area (Å²) in [5, 5.41) is 0. The van der Waals surface area contributed by atoms with Crippen molar-refractivity contribution >= 4 is 11.8 Å². The highest BCUT2D eigenvalue weighted by Gasteiger charge is 2.29. The molecule has 3 heteroatoms. The van der Waals surface area contributed by atoms with Gasteiger partial charge in [-0.15, -0.1) is 0 Å². The lowest BCUT2D eigenvalue weighted by atomic mass is 10.0. The topological polar surface area (TPSA) is 43.4 Å². The third kappa shape index (κ3) is 1.72. The van der Waals surface area contributed by atoms with E-state index in [1.165, 1.54) is 7.11 Å². The number of carbonyl (C=O) groups is 2. The van der Waals surface area contributed by atoms with E-state index in [1.54, 1.807) is 0 Å². The Kier molecular flexibility index (Phi) is 2.63. The number of esters is 1. The van der Waals surface area contributed by atoms with Crippen LogP contribution in [0.25, 0.3) is 0 Å². The summed E-state index contributed by atoms with van der Waals surface area (Å²) in [6.45, 7) is 3.62. The van der Waals surface area contributed by atoms with Gasteiger partial charge in [-0.1, -0.05) is 6.58 Å². The van der Waals surface area contributed by atoms with Gasteiger partial charge in [-0.2, -0.15) is 0 Å². The Hall–Kier alpha value is -1.12. The number of hydrogen-bond acceptors (Lipinski definition) is 3. The monoisotopic (exact) mass is 168 g/mol. The summed E-state index contributed by atoms with van der Waals surface area (Å²) in [5.74, 6) is -0.464. The Morgan fingerprint density at radius 2 is 2.42 bits per heavy atom. The molecule has 3 nitrogen and oxygen atoms in total. The standard InChI is InChI=1S/C9H12O3/c1-6-3-4-7(9(6)11)5-8(10)12-2/h7H,1,3-5H2,2H3. The summed E-state index contributed by atoms with van der Waals surface area (Å²) in [6, 6.07) is 0. The molecule has 0 heterocycles. The van der Waals surface area contributed by atoms with Crippen molar-refractivity contribution in [2.45, 2.75) is 19.3 Å². The highest BCUT2D eigenvalue weighted by atomic mass is 16.5. The van der Waals surface area contributed by atoms with Gasteiger partial charge >= 0.3 is 5.97 Å². The van der Waals surface area contributed by atoms with Crippen molar-refractivity contribution in [2.75, 3.05) is 7.11 Å². The molecule has 0 saturated heterocycles. The Labute approximate surface area is 71.4 Å². The lowest BCUT2D eigenvalue weighted by Crippen LogP contribution is -2.13. The van der Waals surface area contributed by atoms with Crippen LogP contribution >= 0.6 is 0 Å². The minimum Gasteiger partial charge on any atom is -0.469 e. The average Bonchev–Trinajstić information content (AvgIpc) is 2.36. The van der Waals surface area contributed by atoms with Crippen LogP contribution in [0.5, 0.6) is 0 Å². The first-order valence-electron chi connectivity index (χ1n) is 3.94. The molecule has 0 spiro atoms. The van der Waals surface area contributed by atoms with Crippen LogP contribution in [0.15, 0.2) is 12.2 Å². The minimum absolute atomic E-state index is 0.0281. The molecule has 0 N–H and O–H groups in total. The summed E-state index contributed by atoms with van der Waals surface area (Å²) in [5.41, 5.74) is 0.643. The Bertz CT molecular complexity index is 230. The van der Waals surface area contributed by atoms with E-state index < -0.39 is 0 Å². The van der Waals surface area contributed by atoms with Gasteiger partial charge in [-0.3, -0.25) is 9.59 Å². The number of hydrogen-bond donors (Lipinski definition) is 0. The molecule has 1 unspecified atom stereocenters. The molecule has 0 aromatic heterocycles. The molecule has 1 saturated carbocycles. The zero-order chi connectivity index (χ0) is 9.14. The van der Waals surface area contributed by atoms with E-state index in [9.17, 15) is 9.59 Å². The van der Waals surface area contributed by atoms with Crippen LogP contribution < -0.4 is 0 Å². The van der Waals surface area contributed by atoms with E-state index in [0.717, 1.165) is 12.8 Å². The van der Waals surface area contributed by atoms with Gasteiger partial charge in [0.25, 0.3) is 0 Å². The van der Waals surface area contributed by atoms with Gasteiger partial charge in [0.15, 0.2) is 5.78 Å². The number of carbonyl (C=O) groups excluding carboxylic acids is 2. The summed E-state index contributed by atoms with van der Waals surface area (Å²) >= 11 is 0. The van der Waals surface area contributed by atoms with Crippen molar-refractivity contribution in [3.05, 3.63) is 12.2 Å². The lowest BCUT2D eigenvalue weighted by Gasteiger charge is -2.04. The number of methoxy groups -OCH3 is 1. The first-order chi connectivity index (χ1) is 5.65. The zero-order valence-corrected chi connectivity index (χ0v) is 7.13. The van der Waals surface area contributed by atoms with Crippen LogP contribution in [-0.4, -0.2) is 18.9 Å². The van der Waals surface area contributed by atoms with Crippen LogP contribution in [0.1, 0.15) is 19.3 Å². The lowest BCUT2D eigenvalue weighted by molar-refractivity contribution is -0.143. The molecular formula is C9H12O3. The van der Waals surface area contributed by atoms with Gasteiger partial charge in [0.05, 0.1) is 13.5 Å². The van der Waals surface area contributed by atoms with E-state index in [1.807, 2.05) is 0 Å². The summed E-state index contributed by atoms with van der Waals surface area (Å²) < 4.78 is 4.47. The molecule has 0 bridgehead atoms. The van der Waals surface area contributed by atoms with Gasteiger partial charge in [-0.05, 0) is 18.4 Å². The van der Waals surface area contributed by atoms with Gasteiger partial charge in [0, 0.05) is 5.92 Å². The Balaban J connectivity index is 2.50. The normalized spacial score (nSPS) is 22.9. The van der Waals surface area contributed by atoms with Crippen LogP contribution in [-0.2, 0) is 14.3 Å². The third-order valence-electron chi connectivity index (χ3n) is 2.15. The molecule has 66 valence electrons. The average molecular weight is 168 g/mol. The quantitative estimate of drug-likeness (QED) is 0.458. The molecule has 0 radical (unpaired) electrons. The predicted octanol–water partition coefficient (Wildman–Crippen LogP) is 1.08. The minimum atomic E-state index is -0.317. The maximum atomic E-state index is 11.2. The number of ketones is 1. The molecule has 12 heavy (non-hydrogen) atoms. The van der Waals surface area contributed by atoms with Crippen LogP contribution in [0.4, 0.5) is 0 Å². The molecule has 1 atom stereocenters. The number of allylic oxidation sites excluding steroid dienone is 1. The Morgan fingerprint density at radius 3 is 2.83 bits per heavy atom. The molecule has 0 aromatic rings. The van der Waals surface area contributed by atoms with Crippen molar-refractivity contribution in [3.63, 3.8) is 0 Å². The SMILES string of the molecule is C=C1CCC(CC(=O)OC)C1=O. The van der Waals surface area contributed by atoms with E-state index >= 15 is 0 Å². The van der Waals surface area contributed by atoms with Gasteiger partial charge < -0.3 is 4.74 Å². The largest absolute Gasteiger partial charge is 0.469 e. The van der Waals surface area contributed by atoms with Crippen LogP contribution in [0, 0.1) is 5.92 Å². The van der Waals surface area contributed by atoms with Crippen molar-refractivity contribution < 1.29 is 14.3 Å². The summed E-state index contributed by atoms with van der Waals surface area (Å²) in [6.07, 6.45) is 1.67. The van der Waals surface area contributed by atoms with Gasteiger partial charge in [0.1, 0.15) is 0 Å². The van der Waals surface area contributed by atoms with E-state index in [0.29, 0.717) is 5.57 Å². The third-order valence-corrected chi connectivity index (χ3v) is 2.15. The van der Waals surface area contributed by atoms with Crippen LogP contribution in [0.3, 0.4) is 0 Å². The van der Waals surface area contributed by atoms with Crippen molar-refractivity contribution in [3.8, 4) is 0 Å². The maximum absolute atomic E-state index is 11.2. The van der Waals surface area contributed by atoms with Gasteiger partial charge in [0.2, 0.25) is 0 Å². The molecule has 0 amide bonds. The fourth-order valence-electron chi connectivity index (χ4n) is 1.37. The fourth-order valence-corrected chi connectivity index (χ4v) is 1.37. The van der Waals surface area contributed by atoms with Crippen molar-refractivity contribution in [1.29, 1.82) is 0 Å². The Morgan fingerprint density at radius 1 is 1.75 bits per heavy atom. The highest BCUT2D eigenvalue weighted by Crippen LogP contribution is 2.27. The summed E-state index contributed by atoms with van der Waals surface area (Å²) in [7, 11) is 1.33. The number of rotatable bonds is 2. The molecule has 1 rings (SSSR count). The molecular weight excluding hydrogens is 156 g/mol. The number of ether oxygens (including phenoxy) is 1. The summed E-state index contributed by atoms with van der Waals surface area (Å²) in [4.78, 5) is 22.1. The predicted molar refractivity (Wildman–Crippen MR) is 43.5 cm³/mol. The van der Waals surface area contributed by atoms with Crippen molar-refractivity contribution in [1.82, 2.24) is 0 Å². The molecule has 0 aromatic carbocycles. The smallest absolute Gasteiger partial charge is 0.306 e. The van der Waals surface area contributed by atoms with E-state index in [2.05, 4.69) is 11.3 Å². The molecule has 1 aliphatic rings. The van der Waals surface area contributed by atoms with Gasteiger partial charge in [-0.25, -0.2) is 0 Å². The molecule has 1 fully saturated rings. The fraction of sp³-hybridized carbons (Fsp3) is 0.556. The second-order valence-corrected chi connectivity index (χ2v) is 2.98. The molecule has 0 aliphatic heterocycles. The zero-order valence-electron chi connectivity index (χ0n) is 7.13. The second-order valence-electron chi connectivity index (χ2n) is 2.98. The van der Waals surface area contributed by atoms with E-state index in [4.69, 9.17) is 0 Å². The van der Waals surface area contributed by atoms with Crippen LogP contribution in [0.2, 0.25) is 0 Å². The van der Waals surface area contributed by atoms with Crippen molar-refractivity contribution in [2.24, 2.45) is 5.92 Å². The first kappa shape index (κ1) is 8.97. The highest BCUT2D eigenvalue weighted by molar-refractivity contribution is 6.00. The maximum Gasteiger partial charge on any atom is 0.306 e. The number of Topliss-reactive ketones (excluding diaryl/α,β-unsaturated/α-hetero) is 1.